The van der Waals surface area contributed by atoms with E-state index < -0.39 is 5.97 Å². The lowest BCUT2D eigenvalue weighted by Crippen LogP contribution is -2.14. The Balaban J connectivity index is 2.15. The third kappa shape index (κ3) is 3.75. The second-order valence-corrected chi connectivity index (χ2v) is 6.43. The van der Waals surface area contributed by atoms with Gasteiger partial charge in [-0.2, -0.15) is 0 Å². The Bertz CT molecular complexity index is 608. The van der Waals surface area contributed by atoms with Crippen LogP contribution in [0.25, 0.3) is 0 Å². The van der Waals surface area contributed by atoms with E-state index in [0.29, 0.717) is 35.5 Å². The van der Waals surface area contributed by atoms with Gasteiger partial charge in [0.15, 0.2) is 5.78 Å². The molecule has 0 N–H and O–H groups in total. The van der Waals surface area contributed by atoms with Gasteiger partial charge in [0.2, 0.25) is 0 Å². The van der Waals surface area contributed by atoms with Crippen LogP contribution in [-0.2, 0) is 9.53 Å². The molecule has 0 spiro atoms. The van der Waals surface area contributed by atoms with Gasteiger partial charge in [0.1, 0.15) is 11.5 Å². The molecular weight excluding hydrogens is 280 g/mol. The molecule has 0 heterocycles. The number of carbonyl (C=O) groups is 2. The summed E-state index contributed by atoms with van der Waals surface area (Å²) < 4.78 is 10.5. The largest absolute Gasteiger partial charge is 0.497 e. The maximum absolute atomic E-state index is 12.2. The van der Waals surface area contributed by atoms with Crippen molar-refractivity contribution in [1.29, 1.82) is 0 Å². The molecule has 0 radical (unpaired) electrons. The zero-order chi connectivity index (χ0) is 16.3. The van der Waals surface area contributed by atoms with Crippen LogP contribution in [-0.4, -0.2) is 18.9 Å². The van der Waals surface area contributed by atoms with Crippen molar-refractivity contribution < 1.29 is 19.1 Å². The first-order chi connectivity index (χ1) is 10.3. The van der Waals surface area contributed by atoms with Crippen molar-refractivity contribution in [3.63, 3.8) is 0 Å². The molecule has 0 fully saturated rings. The number of hydrogen-bond donors (Lipinski definition) is 0. The minimum absolute atomic E-state index is 0.0556. The molecule has 0 amide bonds. The predicted molar refractivity (Wildman–Crippen MR) is 83.7 cm³/mol. The van der Waals surface area contributed by atoms with Crippen molar-refractivity contribution in [2.24, 2.45) is 5.41 Å². The van der Waals surface area contributed by atoms with Crippen molar-refractivity contribution in [3.8, 4) is 5.75 Å². The number of ether oxygens (including phenoxy) is 2. The van der Waals surface area contributed by atoms with Crippen LogP contribution < -0.4 is 4.74 Å². The number of rotatable bonds is 3. The number of esters is 1. The molecule has 118 valence electrons. The van der Waals surface area contributed by atoms with Crippen LogP contribution in [0.1, 0.15) is 50.4 Å². The summed E-state index contributed by atoms with van der Waals surface area (Å²) >= 11 is 0. The van der Waals surface area contributed by atoms with Crippen molar-refractivity contribution in [2.75, 3.05) is 7.11 Å². The van der Waals surface area contributed by atoms with Crippen LogP contribution in [0.4, 0.5) is 0 Å². The molecule has 4 heteroatoms. The number of allylic oxidation sites excluding steroid dienone is 2. The monoisotopic (exact) mass is 302 g/mol. The second-order valence-electron chi connectivity index (χ2n) is 6.43. The molecule has 0 saturated carbocycles. The van der Waals surface area contributed by atoms with E-state index in [9.17, 15) is 9.59 Å². The van der Waals surface area contributed by atoms with Crippen molar-refractivity contribution in [1.82, 2.24) is 0 Å². The normalized spacial score (nSPS) is 17.9. The van der Waals surface area contributed by atoms with E-state index in [1.807, 2.05) is 0 Å². The fraction of sp³-hybridized carbons (Fsp3) is 0.444. The second kappa shape index (κ2) is 6.34. The predicted octanol–water partition coefficient (Wildman–Crippen LogP) is 3.91. The molecule has 2 rings (SSSR count). The molecular formula is C18H22O4. The van der Waals surface area contributed by atoms with Crippen LogP contribution in [0.5, 0.6) is 5.75 Å². The van der Waals surface area contributed by atoms with Gasteiger partial charge in [-0.05, 0) is 43.0 Å². The zero-order valence-corrected chi connectivity index (χ0v) is 13.6. The molecule has 0 atom stereocenters. The number of carbonyl (C=O) groups excluding carboxylic acids is 2. The molecule has 0 aromatic heterocycles. The lowest BCUT2D eigenvalue weighted by Gasteiger charge is -2.20. The summed E-state index contributed by atoms with van der Waals surface area (Å²) in [6, 6.07) is 6.72. The Hall–Kier alpha value is -2.10. The first-order valence-corrected chi connectivity index (χ1v) is 7.41. The fourth-order valence-electron chi connectivity index (χ4n) is 2.48. The van der Waals surface area contributed by atoms with Crippen LogP contribution >= 0.6 is 0 Å². The van der Waals surface area contributed by atoms with Crippen LogP contribution in [0.2, 0.25) is 0 Å². The van der Waals surface area contributed by atoms with Gasteiger partial charge < -0.3 is 9.47 Å². The molecule has 1 aromatic carbocycles. The van der Waals surface area contributed by atoms with Crippen LogP contribution in [0, 0.1) is 5.41 Å². The van der Waals surface area contributed by atoms with E-state index in [-0.39, 0.29) is 11.2 Å². The topological polar surface area (TPSA) is 52.6 Å². The van der Waals surface area contributed by atoms with Gasteiger partial charge in [-0.3, -0.25) is 4.79 Å². The first kappa shape index (κ1) is 16.3. The summed E-state index contributed by atoms with van der Waals surface area (Å²) in [5.74, 6) is 0.791. The van der Waals surface area contributed by atoms with Gasteiger partial charge in [-0.15, -0.1) is 0 Å². The summed E-state index contributed by atoms with van der Waals surface area (Å²) in [6.45, 7) is 5.86. The van der Waals surface area contributed by atoms with Crippen LogP contribution in [0.3, 0.4) is 0 Å². The first-order valence-electron chi connectivity index (χ1n) is 7.41. The molecule has 4 nitrogen and oxygen atoms in total. The van der Waals surface area contributed by atoms with Crippen molar-refractivity contribution in [2.45, 2.75) is 40.0 Å². The minimum Gasteiger partial charge on any atom is -0.497 e. The van der Waals surface area contributed by atoms with Crippen molar-refractivity contribution in [3.05, 3.63) is 41.2 Å². The Morgan fingerprint density at radius 1 is 1.18 bits per heavy atom. The van der Waals surface area contributed by atoms with Gasteiger partial charge in [0, 0.05) is 18.4 Å². The van der Waals surface area contributed by atoms with Gasteiger partial charge in [0.25, 0.3) is 0 Å². The SMILES string of the molecule is COc1ccc(C(=O)OC2=C(C)C(=O)CC(C)(C)CC2)cc1. The Morgan fingerprint density at radius 3 is 2.41 bits per heavy atom. The highest BCUT2D eigenvalue weighted by Gasteiger charge is 2.29. The van der Waals surface area contributed by atoms with Gasteiger partial charge in [-0.1, -0.05) is 13.8 Å². The highest BCUT2D eigenvalue weighted by atomic mass is 16.5. The van der Waals surface area contributed by atoms with Gasteiger partial charge >= 0.3 is 5.97 Å². The number of benzene rings is 1. The molecule has 1 aliphatic carbocycles. The van der Waals surface area contributed by atoms with E-state index in [0.717, 1.165) is 6.42 Å². The lowest BCUT2D eigenvalue weighted by atomic mass is 9.84. The zero-order valence-electron chi connectivity index (χ0n) is 13.6. The third-order valence-corrected chi connectivity index (χ3v) is 4.05. The average molecular weight is 302 g/mol. The van der Waals surface area contributed by atoms with E-state index >= 15 is 0 Å². The third-order valence-electron chi connectivity index (χ3n) is 4.05. The average Bonchev–Trinajstić information content (AvgIpc) is 2.58. The maximum Gasteiger partial charge on any atom is 0.343 e. The maximum atomic E-state index is 12.2. The molecule has 0 bridgehead atoms. The van der Waals surface area contributed by atoms with E-state index in [2.05, 4.69) is 13.8 Å². The summed E-state index contributed by atoms with van der Waals surface area (Å²) in [5.41, 5.74) is 0.941. The number of methoxy groups -OCH3 is 1. The smallest absolute Gasteiger partial charge is 0.343 e. The molecule has 1 aliphatic rings. The molecule has 22 heavy (non-hydrogen) atoms. The van der Waals surface area contributed by atoms with Crippen LogP contribution in [0.15, 0.2) is 35.6 Å². The minimum atomic E-state index is -0.440. The summed E-state index contributed by atoms with van der Waals surface area (Å²) in [5, 5.41) is 0. The summed E-state index contributed by atoms with van der Waals surface area (Å²) in [4.78, 5) is 24.4. The Morgan fingerprint density at radius 2 is 1.82 bits per heavy atom. The fourth-order valence-corrected chi connectivity index (χ4v) is 2.48. The molecule has 0 aliphatic heterocycles. The molecule has 0 saturated heterocycles. The summed E-state index contributed by atoms with van der Waals surface area (Å²) in [7, 11) is 1.57. The summed E-state index contributed by atoms with van der Waals surface area (Å²) in [6.07, 6.45) is 1.91. The standard InChI is InChI=1S/C18H22O4/c1-12-15(19)11-18(2,3)10-9-16(12)22-17(20)13-5-7-14(21-4)8-6-13/h5-8H,9-11H2,1-4H3. The number of Topliss-reactive ketones (excluding diaryl/α,β-unsaturated/α-hetero) is 1. The highest BCUT2D eigenvalue weighted by molar-refractivity contribution is 5.97. The molecule has 1 aromatic rings. The number of hydrogen-bond acceptors (Lipinski definition) is 4. The lowest BCUT2D eigenvalue weighted by molar-refractivity contribution is -0.117. The number of ketones is 1. The van der Waals surface area contributed by atoms with Gasteiger partial charge in [0.05, 0.1) is 12.7 Å². The Labute approximate surface area is 131 Å². The Kier molecular flexibility index (Phi) is 4.69. The van der Waals surface area contributed by atoms with Gasteiger partial charge in [-0.25, -0.2) is 4.79 Å². The van der Waals surface area contributed by atoms with E-state index in [1.165, 1.54) is 0 Å². The molecule has 0 unspecified atom stereocenters. The van der Waals surface area contributed by atoms with Crippen molar-refractivity contribution >= 4 is 11.8 Å². The van der Waals surface area contributed by atoms with E-state index in [4.69, 9.17) is 9.47 Å². The quantitative estimate of drug-likeness (QED) is 0.794. The van der Waals surface area contributed by atoms with E-state index in [1.54, 1.807) is 38.3 Å². The highest BCUT2D eigenvalue weighted by Crippen LogP contribution is 2.35.